The topological polar surface area (TPSA) is 0 Å². The van der Waals surface area contributed by atoms with Crippen molar-refractivity contribution < 1.29 is 13.2 Å². The maximum atomic E-state index is 12.7. The molecular weight excluding hydrogens is 204 g/mol. The van der Waals surface area contributed by atoms with Crippen LogP contribution in [-0.4, -0.2) is 12.0 Å². The van der Waals surface area contributed by atoms with Crippen LogP contribution in [0, 0.1) is 6.43 Å². The molecule has 0 aromatic heterocycles. The number of hydrogen-bond donors (Lipinski definition) is 0. The fraction of sp³-hybridized carbons (Fsp3) is 0.750. The average Bonchev–Trinajstić information content (AvgIpc) is 1.62. The van der Waals surface area contributed by atoms with Crippen LogP contribution in [-0.2, 0) is 0 Å². The van der Waals surface area contributed by atoms with Crippen LogP contribution in [0.2, 0.25) is 6.55 Å². The number of rotatable bonds is 2. The van der Waals surface area contributed by atoms with E-state index in [1.807, 2.05) is 0 Å². The third kappa shape index (κ3) is 2.03. The summed E-state index contributed by atoms with van der Waals surface area (Å²) in [6, 6.07) is 0. The standard InChI is InChI=1S/C4H6Cl2F3Si/c1-4(9,3(7)8)10(2,5)6/h1-2H3. The van der Waals surface area contributed by atoms with Gasteiger partial charge in [-0.2, -0.15) is 8.78 Å². The monoisotopic (exact) mass is 209 g/mol. The summed E-state index contributed by atoms with van der Waals surface area (Å²) in [6.45, 7) is -1.66. The molecular formula is C4H6Cl2F3Si. The lowest BCUT2D eigenvalue weighted by Crippen LogP contribution is -2.44. The highest BCUT2D eigenvalue weighted by molar-refractivity contribution is 7.46. The van der Waals surface area contributed by atoms with Gasteiger partial charge >= 0.3 is 6.43 Å². The van der Waals surface area contributed by atoms with Crippen molar-refractivity contribution in [2.75, 3.05) is 0 Å². The summed E-state index contributed by atoms with van der Waals surface area (Å²) in [5.41, 5.74) is 0. The van der Waals surface area contributed by atoms with E-state index >= 15 is 0 Å². The lowest BCUT2D eigenvalue weighted by Gasteiger charge is -2.25. The largest absolute Gasteiger partial charge is 0.345 e. The Kier molecular flexibility index (Phi) is 3.08. The molecule has 0 aliphatic heterocycles. The van der Waals surface area contributed by atoms with Gasteiger partial charge < -0.3 is 0 Å². The van der Waals surface area contributed by atoms with Gasteiger partial charge in [0.1, 0.15) is 0 Å². The second-order valence-electron chi connectivity index (χ2n) is 2.15. The Morgan fingerprint density at radius 2 is 1.70 bits per heavy atom. The smallest absolute Gasteiger partial charge is 0.238 e. The van der Waals surface area contributed by atoms with Crippen molar-refractivity contribution in [1.82, 2.24) is 0 Å². The van der Waals surface area contributed by atoms with Gasteiger partial charge in [-0.3, -0.25) is 0 Å². The molecule has 1 radical (unpaired) electrons. The lowest BCUT2D eigenvalue weighted by atomic mass is 10.4. The van der Waals surface area contributed by atoms with E-state index in [4.69, 9.17) is 22.2 Å². The summed E-state index contributed by atoms with van der Waals surface area (Å²) in [6.07, 6.45) is -2.35. The Labute approximate surface area is 67.7 Å². The Balaban J connectivity index is 4.40. The maximum absolute atomic E-state index is 12.7. The molecule has 0 aromatic rings. The third-order valence-electron chi connectivity index (χ3n) is 1.18. The Morgan fingerprint density at radius 3 is 1.70 bits per heavy atom. The van der Waals surface area contributed by atoms with E-state index in [9.17, 15) is 13.2 Å². The van der Waals surface area contributed by atoms with Crippen LogP contribution < -0.4 is 0 Å². The van der Waals surface area contributed by atoms with Crippen LogP contribution >= 0.6 is 22.2 Å². The predicted molar refractivity (Wildman–Crippen MR) is 38.3 cm³/mol. The molecule has 0 aliphatic rings. The highest BCUT2D eigenvalue weighted by Gasteiger charge is 2.54. The van der Waals surface area contributed by atoms with Crippen LogP contribution in [0.25, 0.3) is 0 Å². The first-order chi connectivity index (χ1) is 4.19. The van der Waals surface area contributed by atoms with E-state index in [1.54, 1.807) is 0 Å². The molecule has 0 aliphatic carbocycles. The van der Waals surface area contributed by atoms with E-state index < -0.39 is 18.4 Å². The lowest BCUT2D eigenvalue weighted by molar-refractivity contribution is 0.134. The number of hydrogen-bond acceptors (Lipinski definition) is 0. The van der Waals surface area contributed by atoms with Crippen LogP contribution in [0.3, 0.4) is 0 Å². The molecule has 0 saturated heterocycles. The van der Waals surface area contributed by atoms with E-state index in [0.29, 0.717) is 6.92 Å². The van der Waals surface area contributed by atoms with Crippen molar-refractivity contribution >= 4 is 28.9 Å². The molecule has 0 aromatic carbocycles. The van der Waals surface area contributed by atoms with Gasteiger partial charge in [-0.25, -0.2) is 4.39 Å². The quantitative estimate of drug-likeness (QED) is 0.484. The molecule has 0 spiro atoms. The van der Waals surface area contributed by atoms with Crippen LogP contribution in [0.15, 0.2) is 0 Å². The van der Waals surface area contributed by atoms with E-state index in [0.717, 1.165) is 6.55 Å². The second-order valence-corrected chi connectivity index (χ2v) is 9.98. The van der Waals surface area contributed by atoms with E-state index in [1.165, 1.54) is 0 Å². The van der Waals surface area contributed by atoms with Crippen LogP contribution in [0.1, 0.15) is 6.92 Å². The zero-order chi connectivity index (χ0) is 8.58. The van der Waals surface area contributed by atoms with Gasteiger partial charge in [0, 0.05) is 0 Å². The Bertz CT molecular complexity index is 120. The van der Waals surface area contributed by atoms with Gasteiger partial charge in [0.2, 0.25) is 0 Å². The third-order valence-corrected chi connectivity index (χ3v) is 5.15. The van der Waals surface area contributed by atoms with Crippen molar-refractivity contribution in [3.63, 3.8) is 0 Å². The van der Waals surface area contributed by atoms with Gasteiger partial charge in [-0.05, 0) is 13.5 Å². The molecule has 0 bridgehead atoms. The van der Waals surface area contributed by atoms with Gasteiger partial charge in [-0.1, -0.05) is 0 Å². The summed E-state index contributed by atoms with van der Waals surface area (Å²) in [5, 5.41) is -2.81. The first kappa shape index (κ1) is 10.6. The Morgan fingerprint density at radius 1 is 1.40 bits per heavy atom. The molecule has 1 atom stereocenters. The zero-order valence-electron chi connectivity index (χ0n) is 5.39. The highest BCUT2D eigenvalue weighted by atomic mass is 35.7. The minimum Gasteiger partial charge on any atom is -0.238 e. The van der Waals surface area contributed by atoms with Crippen molar-refractivity contribution in [3.8, 4) is 0 Å². The molecule has 6 heteroatoms. The van der Waals surface area contributed by atoms with Crippen LogP contribution in [0.4, 0.5) is 13.2 Å². The summed E-state index contributed by atoms with van der Waals surface area (Å²) in [4.78, 5) is 0. The molecule has 0 fully saturated rings. The summed E-state index contributed by atoms with van der Waals surface area (Å²) in [5.74, 6) is 0. The predicted octanol–water partition coefficient (Wildman–Crippen LogP) is 3.23. The molecule has 0 N–H and O–H groups in total. The van der Waals surface area contributed by atoms with Gasteiger partial charge in [-0.15, -0.1) is 22.2 Å². The Hall–Kier alpha value is 0.587. The summed E-state index contributed by atoms with van der Waals surface area (Å²) in [7, 11) is 0. The minimum absolute atomic E-state index is 0.689. The fourth-order valence-electron chi connectivity index (χ4n) is 0.166. The van der Waals surface area contributed by atoms with Crippen molar-refractivity contribution in [2.24, 2.45) is 0 Å². The SMILES string of the molecule is CC(F)([C](F)F)[Si](C)(Cl)Cl. The first-order valence-electron chi connectivity index (χ1n) is 2.44. The fourth-order valence-corrected chi connectivity index (χ4v) is 0.926. The van der Waals surface area contributed by atoms with Crippen molar-refractivity contribution in [2.45, 2.75) is 18.8 Å². The number of alkyl halides is 1. The molecule has 1 unspecified atom stereocenters. The molecule has 0 rings (SSSR count). The average molecular weight is 210 g/mol. The van der Waals surface area contributed by atoms with E-state index in [-0.39, 0.29) is 0 Å². The molecule has 10 heavy (non-hydrogen) atoms. The first-order valence-corrected chi connectivity index (χ1v) is 6.97. The van der Waals surface area contributed by atoms with Gasteiger partial charge in [0.25, 0.3) is 6.69 Å². The van der Waals surface area contributed by atoms with Crippen molar-refractivity contribution in [1.29, 1.82) is 0 Å². The molecule has 0 nitrogen and oxygen atoms in total. The van der Waals surface area contributed by atoms with E-state index in [2.05, 4.69) is 0 Å². The summed E-state index contributed by atoms with van der Waals surface area (Å²) < 4.78 is 36.2. The number of halogens is 5. The second kappa shape index (κ2) is 2.91. The van der Waals surface area contributed by atoms with Gasteiger partial charge in [0.15, 0.2) is 5.29 Å². The minimum atomic E-state index is -3.46. The van der Waals surface area contributed by atoms with Crippen molar-refractivity contribution in [3.05, 3.63) is 6.43 Å². The molecule has 0 amide bonds. The molecule has 0 saturated carbocycles. The zero-order valence-corrected chi connectivity index (χ0v) is 7.90. The molecule has 0 heterocycles. The molecule has 61 valence electrons. The normalized spacial score (nSPS) is 19.2. The van der Waals surface area contributed by atoms with Gasteiger partial charge in [0.05, 0.1) is 0 Å². The highest BCUT2D eigenvalue weighted by Crippen LogP contribution is 2.40. The van der Waals surface area contributed by atoms with Crippen LogP contribution in [0.5, 0.6) is 0 Å². The maximum Gasteiger partial charge on any atom is 0.345 e. The summed E-state index contributed by atoms with van der Waals surface area (Å²) >= 11 is 10.5.